The third-order valence-corrected chi connectivity index (χ3v) is 6.59. The van der Waals surface area contributed by atoms with Gasteiger partial charge in [0, 0.05) is 5.69 Å². The molecule has 0 heterocycles. The number of carbonyl (C=O) groups excluding carboxylic acids is 1. The monoisotopic (exact) mass is 393 g/mol. The van der Waals surface area contributed by atoms with E-state index < -0.39 is 16.1 Å². The molecule has 2 N–H and O–H groups in total. The van der Waals surface area contributed by atoms with Gasteiger partial charge in [0.05, 0.1) is 0 Å². The lowest BCUT2D eigenvalue weighted by Crippen LogP contribution is -2.42. The SMILES string of the molecule is CCCN(CCC)CS(=O)(=O)NC(=O)Nc1c2c(cc3c1CCC3)CCC2. The van der Waals surface area contributed by atoms with Crippen molar-refractivity contribution in [3.8, 4) is 0 Å². The third-order valence-electron chi connectivity index (χ3n) is 5.39. The van der Waals surface area contributed by atoms with E-state index in [9.17, 15) is 13.2 Å². The zero-order valence-corrected chi connectivity index (χ0v) is 17.3. The van der Waals surface area contributed by atoms with Crippen LogP contribution in [0.4, 0.5) is 10.5 Å². The summed E-state index contributed by atoms with van der Waals surface area (Å²) >= 11 is 0. The average Bonchev–Trinajstić information content (AvgIpc) is 3.22. The van der Waals surface area contributed by atoms with Crippen molar-refractivity contribution in [1.82, 2.24) is 9.62 Å². The fraction of sp³-hybridized carbons (Fsp3) is 0.650. The highest BCUT2D eigenvalue weighted by atomic mass is 32.2. The van der Waals surface area contributed by atoms with Gasteiger partial charge in [0.15, 0.2) is 0 Å². The van der Waals surface area contributed by atoms with Crippen LogP contribution in [0.2, 0.25) is 0 Å². The summed E-state index contributed by atoms with van der Waals surface area (Å²) < 4.78 is 27.1. The van der Waals surface area contributed by atoms with Crippen molar-refractivity contribution in [1.29, 1.82) is 0 Å². The predicted octanol–water partition coefficient (Wildman–Crippen LogP) is 3.19. The van der Waals surface area contributed by atoms with E-state index in [2.05, 4.69) is 16.1 Å². The highest BCUT2D eigenvalue weighted by Gasteiger charge is 2.26. The maximum atomic E-state index is 12.5. The Kier molecular flexibility index (Phi) is 6.42. The lowest BCUT2D eigenvalue weighted by atomic mass is 9.99. The lowest BCUT2D eigenvalue weighted by molar-refractivity contribution is 0.256. The minimum absolute atomic E-state index is 0.146. The normalized spacial score (nSPS) is 15.7. The maximum Gasteiger partial charge on any atom is 0.332 e. The molecule has 0 aliphatic heterocycles. The first-order chi connectivity index (χ1) is 12.9. The fourth-order valence-electron chi connectivity index (χ4n) is 4.39. The summed E-state index contributed by atoms with van der Waals surface area (Å²) in [5.74, 6) is -0.146. The zero-order chi connectivity index (χ0) is 19.4. The maximum absolute atomic E-state index is 12.5. The summed E-state index contributed by atoms with van der Waals surface area (Å²) in [4.78, 5) is 14.4. The van der Waals surface area contributed by atoms with Crippen LogP contribution in [0.1, 0.15) is 61.8 Å². The number of amides is 2. The summed E-state index contributed by atoms with van der Waals surface area (Å²) in [5, 5.41) is 2.89. The number of nitrogens with one attached hydrogen (secondary N) is 2. The summed E-state index contributed by atoms with van der Waals surface area (Å²) in [6, 6.07) is 1.65. The molecule has 2 aliphatic carbocycles. The number of aryl methyl sites for hydroxylation is 2. The van der Waals surface area contributed by atoms with Crippen LogP contribution >= 0.6 is 0 Å². The Morgan fingerprint density at radius 1 is 1.00 bits per heavy atom. The molecule has 0 saturated carbocycles. The van der Waals surface area contributed by atoms with E-state index in [4.69, 9.17) is 0 Å². The number of anilines is 1. The van der Waals surface area contributed by atoms with E-state index in [1.54, 1.807) is 0 Å². The molecule has 6 nitrogen and oxygen atoms in total. The van der Waals surface area contributed by atoms with Gasteiger partial charge < -0.3 is 5.32 Å². The standard InChI is InChI=1S/C20H31N3O3S/c1-3-11-23(12-4-2)14-27(25,26)22-20(24)21-19-17-9-5-7-15(17)13-16-8-6-10-18(16)19/h13H,3-12,14H2,1-2H3,(H2,21,22,24). The van der Waals surface area contributed by atoms with Crippen LogP contribution in [0.25, 0.3) is 0 Å². The van der Waals surface area contributed by atoms with Crippen LogP contribution in [0.3, 0.4) is 0 Å². The molecule has 0 radical (unpaired) electrons. The lowest BCUT2D eigenvalue weighted by Gasteiger charge is -2.21. The second kappa shape index (κ2) is 8.61. The smallest absolute Gasteiger partial charge is 0.307 e. The van der Waals surface area contributed by atoms with Gasteiger partial charge in [-0.3, -0.25) is 4.90 Å². The average molecular weight is 394 g/mol. The first kappa shape index (κ1) is 20.1. The highest BCUT2D eigenvalue weighted by molar-refractivity contribution is 7.89. The molecular weight excluding hydrogens is 362 g/mol. The summed E-state index contributed by atoms with van der Waals surface area (Å²) in [6.07, 6.45) is 7.93. The first-order valence-corrected chi connectivity index (χ1v) is 11.8. The Labute approximate surface area is 162 Å². The van der Waals surface area contributed by atoms with Gasteiger partial charge in [-0.15, -0.1) is 0 Å². The van der Waals surface area contributed by atoms with Gasteiger partial charge in [-0.25, -0.2) is 17.9 Å². The van der Waals surface area contributed by atoms with Crippen LogP contribution in [0, 0.1) is 0 Å². The van der Waals surface area contributed by atoms with E-state index in [1.807, 2.05) is 18.7 Å². The molecule has 1 aromatic rings. The largest absolute Gasteiger partial charge is 0.332 e. The molecule has 1 aromatic carbocycles. The van der Waals surface area contributed by atoms with Crippen LogP contribution < -0.4 is 10.0 Å². The number of nitrogens with zero attached hydrogens (tertiary/aromatic N) is 1. The number of hydrogen-bond donors (Lipinski definition) is 2. The van der Waals surface area contributed by atoms with Crippen LogP contribution in [0.5, 0.6) is 0 Å². The van der Waals surface area contributed by atoms with Crippen LogP contribution in [-0.2, 0) is 35.7 Å². The first-order valence-electron chi connectivity index (χ1n) is 10.1. The van der Waals surface area contributed by atoms with Crippen molar-refractivity contribution in [2.24, 2.45) is 0 Å². The number of sulfonamides is 1. The molecule has 150 valence electrons. The van der Waals surface area contributed by atoms with Crippen molar-refractivity contribution < 1.29 is 13.2 Å². The van der Waals surface area contributed by atoms with Gasteiger partial charge in [-0.1, -0.05) is 19.9 Å². The van der Waals surface area contributed by atoms with E-state index >= 15 is 0 Å². The zero-order valence-electron chi connectivity index (χ0n) is 16.4. The van der Waals surface area contributed by atoms with E-state index in [0.29, 0.717) is 13.1 Å². The van der Waals surface area contributed by atoms with Gasteiger partial charge >= 0.3 is 6.03 Å². The molecule has 0 aromatic heterocycles. The molecular formula is C20H31N3O3S. The molecule has 7 heteroatoms. The van der Waals surface area contributed by atoms with Crippen LogP contribution in [0.15, 0.2) is 6.07 Å². The molecule has 0 fully saturated rings. The Morgan fingerprint density at radius 2 is 1.56 bits per heavy atom. The Morgan fingerprint density at radius 3 is 2.07 bits per heavy atom. The summed E-state index contributed by atoms with van der Waals surface area (Å²) in [7, 11) is -3.71. The fourth-order valence-corrected chi connectivity index (χ4v) is 5.53. The summed E-state index contributed by atoms with van der Waals surface area (Å²) in [5.41, 5.74) is 5.88. The molecule has 3 rings (SSSR count). The number of rotatable bonds is 8. The number of benzene rings is 1. The molecule has 2 amide bonds. The minimum Gasteiger partial charge on any atom is -0.307 e. The van der Waals surface area contributed by atoms with Gasteiger partial charge in [-0.2, -0.15) is 0 Å². The number of hydrogen-bond acceptors (Lipinski definition) is 4. The molecule has 27 heavy (non-hydrogen) atoms. The second-order valence-corrected chi connectivity index (χ2v) is 9.34. The quantitative estimate of drug-likeness (QED) is 0.711. The van der Waals surface area contributed by atoms with E-state index in [0.717, 1.165) is 57.1 Å². The topological polar surface area (TPSA) is 78.5 Å². The van der Waals surface area contributed by atoms with Gasteiger partial charge in [0.2, 0.25) is 10.0 Å². The second-order valence-electron chi connectivity index (χ2n) is 7.65. The van der Waals surface area contributed by atoms with E-state index in [-0.39, 0.29) is 5.88 Å². The van der Waals surface area contributed by atoms with Crippen molar-refractivity contribution in [3.05, 3.63) is 28.3 Å². The molecule has 2 aliphatic rings. The van der Waals surface area contributed by atoms with Crippen molar-refractivity contribution in [2.45, 2.75) is 65.2 Å². The van der Waals surface area contributed by atoms with Crippen LogP contribution in [-0.4, -0.2) is 38.3 Å². The van der Waals surface area contributed by atoms with Gasteiger partial charge in [-0.05, 0) is 86.7 Å². The number of carbonyl (C=O) groups is 1. The van der Waals surface area contributed by atoms with E-state index in [1.165, 1.54) is 22.3 Å². The summed E-state index contributed by atoms with van der Waals surface area (Å²) in [6.45, 7) is 5.45. The molecule has 0 bridgehead atoms. The number of fused-ring (bicyclic) bond motifs is 2. The Bertz CT molecular complexity index is 767. The Balaban J connectivity index is 1.71. The highest BCUT2D eigenvalue weighted by Crippen LogP contribution is 2.38. The van der Waals surface area contributed by atoms with Crippen molar-refractivity contribution >= 4 is 21.7 Å². The predicted molar refractivity (Wildman–Crippen MR) is 109 cm³/mol. The van der Waals surface area contributed by atoms with Gasteiger partial charge in [0.25, 0.3) is 0 Å². The van der Waals surface area contributed by atoms with Gasteiger partial charge in [0.1, 0.15) is 5.88 Å². The minimum atomic E-state index is -3.71. The molecule has 0 unspecified atom stereocenters. The third kappa shape index (κ3) is 4.82. The number of urea groups is 1. The molecule has 0 saturated heterocycles. The Hall–Kier alpha value is -1.60. The molecule has 0 spiro atoms. The van der Waals surface area contributed by atoms with Crippen molar-refractivity contribution in [3.63, 3.8) is 0 Å². The van der Waals surface area contributed by atoms with Crippen molar-refractivity contribution in [2.75, 3.05) is 24.3 Å². The molecule has 0 atom stereocenters.